The molecule has 0 saturated heterocycles. The summed E-state index contributed by atoms with van der Waals surface area (Å²) in [5, 5.41) is 6.53. The highest BCUT2D eigenvalue weighted by molar-refractivity contribution is 8.00. The fraction of sp³-hybridized carbons (Fsp3) is 0.176. The summed E-state index contributed by atoms with van der Waals surface area (Å²) in [4.78, 5) is 33.1. The highest BCUT2D eigenvalue weighted by Crippen LogP contribution is 2.28. The number of nitrogens with one attached hydrogen (secondary N) is 1. The molecule has 2 heterocycles. The molecule has 1 amide bonds. The van der Waals surface area contributed by atoms with Gasteiger partial charge in [-0.05, 0) is 35.7 Å². The number of Topliss-reactive ketones (excluding diaryl/α,β-unsaturated/α-hetero) is 1. The van der Waals surface area contributed by atoms with E-state index in [1.807, 2.05) is 11.4 Å². The number of amides is 1. The molecule has 0 radical (unpaired) electrons. The fourth-order valence-corrected chi connectivity index (χ4v) is 3.76. The second-order valence-electron chi connectivity index (χ2n) is 5.01. The van der Waals surface area contributed by atoms with E-state index in [9.17, 15) is 9.59 Å². The molecule has 0 spiro atoms. The van der Waals surface area contributed by atoms with E-state index < -0.39 is 0 Å². The normalized spacial score (nSPS) is 10.7. The number of thiophene rings is 1. The van der Waals surface area contributed by atoms with Crippen molar-refractivity contribution in [1.29, 1.82) is 0 Å². The lowest BCUT2D eigenvalue weighted by atomic mass is 10.1. The minimum Gasteiger partial charge on any atom is -0.326 e. The highest BCUT2D eigenvalue weighted by Gasteiger charge is 2.11. The molecular formula is C17H15N3O2S2. The quantitative estimate of drug-likeness (QED) is 0.410. The van der Waals surface area contributed by atoms with Crippen molar-refractivity contribution >= 4 is 50.7 Å². The smallest absolute Gasteiger partial charge is 0.224 e. The van der Waals surface area contributed by atoms with Gasteiger partial charge in [0.15, 0.2) is 5.78 Å². The molecule has 1 N–H and O–H groups in total. The third kappa shape index (κ3) is 3.80. The number of carbonyl (C=O) groups excluding carboxylic acids is 2. The molecule has 3 rings (SSSR count). The number of aromatic nitrogens is 2. The molecule has 5 nitrogen and oxygen atoms in total. The maximum atomic E-state index is 12.3. The highest BCUT2D eigenvalue weighted by atomic mass is 32.2. The van der Waals surface area contributed by atoms with Crippen LogP contribution in [0.25, 0.3) is 10.2 Å². The molecule has 0 saturated carbocycles. The zero-order valence-electron chi connectivity index (χ0n) is 13.0. The Morgan fingerprint density at radius 1 is 1.17 bits per heavy atom. The standard InChI is InChI=1S/C17H15N3O2S2/c1-2-15(22)20-12-5-3-11(4-6-12)14(21)9-24-17-13-7-8-23-16(13)18-10-19-17/h3-8,10H,2,9H2,1H3,(H,20,22). The van der Waals surface area contributed by atoms with Crippen LogP contribution in [0.1, 0.15) is 23.7 Å². The molecule has 0 unspecified atom stereocenters. The Kier molecular flexibility index (Phi) is 5.22. The fourth-order valence-electron chi connectivity index (χ4n) is 2.09. The van der Waals surface area contributed by atoms with E-state index in [0.29, 0.717) is 23.4 Å². The number of thioether (sulfide) groups is 1. The molecule has 0 aliphatic rings. The average molecular weight is 357 g/mol. The van der Waals surface area contributed by atoms with Gasteiger partial charge in [-0.2, -0.15) is 0 Å². The number of hydrogen-bond donors (Lipinski definition) is 1. The zero-order valence-corrected chi connectivity index (χ0v) is 14.6. The number of anilines is 1. The number of benzene rings is 1. The van der Waals surface area contributed by atoms with Crippen LogP contribution in [0.3, 0.4) is 0 Å². The maximum absolute atomic E-state index is 12.3. The Labute approximate surface area is 147 Å². The average Bonchev–Trinajstić information content (AvgIpc) is 3.09. The van der Waals surface area contributed by atoms with Crippen LogP contribution in [0.2, 0.25) is 0 Å². The zero-order chi connectivity index (χ0) is 16.9. The SMILES string of the molecule is CCC(=O)Nc1ccc(C(=O)CSc2ncnc3sccc23)cc1. The summed E-state index contributed by atoms with van der Waals surface area (Å²) in [5.41, 5.74) is 1.31. The van der Waals surface area contributed by atoms with Crippen molar-refractivity contribution in [2.24, 2.45) is 0 Å². The van der Waals surface area contributed by atoms with Gasteiger partial charge in [-0.3, -0.25) is 9.59 Å². The van der Waals surface area contributed by atoms with Crippen molar-refractivity contribution in [3.8, 4) is 0 Å². The van der Waals surface area contributed by atoms with Crippen LogP contribution in [-0.4, -0.2) is 27.4 Å². The molecule has 0 fully saturated rings. The van der Waals surface area contributed by atoms with Crippen LogP contribution in [0, 0.1) is 0 Å². The van der Waals surface area contributed by atoms with Crippen LogP contribution in [-0.2, 0) is 4.79 Å². The first-order chi connectivity index (χ1) is 11.7. The summed E-state index contributed by atoms with van der Waals surface area (Å²) in [6.45, 7) is 1.79. The number of hydrogen-bond acceptors (Lipinski definition) is 6. The van der Waals surface area contributed by atoms with Crippen LogP contribution in [0.5, 0.6) is 0 Å². The van der Waals surface area contributed by atoms with Crippen molar-refractivity contribution in [2.75, 3.05) is 11.1 Å². The van der Waals surface area contributed by atoms with E-state index in [1.54, 1.807) is 42.5 Å². The van der Waals surface area contributed by atoms with Gasteiger partial charge in [-0.1, -0.05) is 18.7 Å². The summed E-state index contributed by atoms with van der Waals surface area (Å²) in [6, 6.07) is 8.92. The Balaban J connectivity index is 1.64. The lowest BCUT2D eigenvalue weighted by Crippen LogP contribution is -2.09. The van der Waals surface area contributed by atoms with Gasteiger partial charge in [-0.15, -0.1) is 11.3 Å². The predicted molar refractivity (Wildman–Crippen MR) is 97.8 cm³/mol. The number of nitrogens with zero attached hydrogens (tertiary/aromatic N) is 2. The molecule has 0 aliphatic heterocycles. The van der Waals surface area contributed by atoms with Gasteiger partial charge >= 0.3 is 0 Å². The first-order valence-electron chi connectivity index (χ1n) is 7.41. The van der Waals surface area contributed by atoms with E-state index in [-0.39, 0.29) is 11.7 Å². The van der Waals surface area contributed by atoms with Gasteiger partial charge in [-0.25, -0.2) is 9.97 Å². The summed E-state index contributed by atoms with van der Waals surface area (Å²) in [5.74, 6) is 0.284. The van der Waals surface area contributed by atoms with E-state index in [2.05, 4.69) is 15.3 Å². The Bertz CT molecular complexity index is 875. The Morgan fingerprint density at radius 3 is 2.71 bits per heavy atom. The maximum Gasteiger partial charge on any atom is 0.224 e. The van der Waals surface area contributed by atoms with Crippen molar-refractivity contribution < 1.29 is 9.59 Å². The van der Waals surface area contributed by atoms with Crippen LogP contribution >= 0.6 is 23.1 Å². The molecular weight excluding hydrogens is 342 g/mol. The molecule has 1 aromatic carbocycles. The van der Waals surface area contributed by atoms with Crippen LogP contribution in [0.15, 0.2) is 47.1 Å². The van der Waals surface area contributed by atoms with Crippen molar-refractivity contribution in [3.63, 3.8) is 0 Å². The van der Waals surface area contributed by atoms with Gasteiger partial charge < -0.3 is 5.32 Å². The van der Waals surface area contributed by atoms with E-state index >= 15 is 0 Å². The minimum atomic E-state index is -0.0480. The number of rotatable bonds is 6. The molecule has 3 aromatic rings. The lowest BCUT2D eigenvalue weighted by molar-refractivity contribution is -0.115. The van der Waals surface area contributed by atoms with Crippen LogP contribution in [0.4, 0.5) is 5.69 Å². The predicted octanol–water partition coefficient (Wildman–Crippen LogP) is 4.01. The first kappa shape index (κ1) is 16.6. The van der Waals surface area contributed by atoms with Crippen LogP contribution < -0.4 is 5.32 Å². The van der Waals surface area contributed by atoms with Gasteiger partial charge in [0.05, 0.1) is 5.75 Å². The second-order valence-corrected chi connectivity index (χ2v) is 6.87. The van der Waals surface area contributed by atoms with Gasteiger partial charge in [0.25, 0.3) is 0 Å². The first-order valence-corrected chi connectivity index (χ1v) is 9.28. The molecule has 7 heteroatoms. The van der Waals surface area contributed by atoms with Crippen molar-refractivity contribution in [2.45, 2.75) is 18.4 Å². The molecule has 0 bridgehead atoms. The number of fused-ring (bicyclic) bond motifs is 1. The molecule has 24 heavy (non-hydrogen) atoms. The summed E-state index contributed by atoms with van der Waals surface area (Å²) in [6.07, 6.45) is 1.95. The largest absolute Gasteiger partial charge is 0.326 e. The third-order valence-corrected chi connectivity index (χ3v) is 5.20. The molecule has 0 aliphatic carbocycles. The molecule has 122 valence electrons. The Morgan fingerprint density at radius 2 is 1.96 bits per heavy atom. The summed E-state index contributed by atoms with van der Waals surface area (Å²) in [7, 11) is 0. The summed E-state index contributed by atoms with van der Waals surface area (Å²) < 4.78 is 0. The third-order valence-electron chi connectivity index (χ3n) is 3.38. The van der Waals surface area contributed by atoms with Gasteiger partial charge in [0, 0.05) is 23.1 Å². The topological polar surface area (TPSA) is 72.0 Å². The van der Waals surface area contributed by atoms with E-state index in [0.717, 1.165) is 15.2 Å². The van der Waals surface area contributed by atoms with Gasteiger partial charge in [0.2, 0.25) is 5.91 Å². The van der Waals surface area contributed by atoms with Crippen molar-refractivity contribution in [3.05, 3.63) is 47.6 Å². The minimum absolute atomic E-state index is 0.0235. The number of ketones is 1. The number of carbonyl (C=O) groups is 2. The van der Waals surface area contributed by atoms with Crippen molar-refractivity contribution in [1.82, 2.24) is 9.97 Å². The van der Waals surface area contributed by atoms with E-state index in [4.69, 9.17) is 0 Å². The van der Waals surface area contributed by atoms with Gasteiger partial charge in [0.1, 0.15) is 16.2 Å². The van der Waals surface area contributed by atoms with E-state index in [1.165, 1.54) is 18.1 Å². The Hall–Kier alpha value is -2.25. The summed E-state index contributed by atoms with van der Waals surface area (Å²) >= 11 is 2.97. The molecule has 2 aromatic heterocycles. The lowest BCUT2D eigenvalue weighted by Gasteiger charge is -2.05. The second kappa shape index (κ2) is 7.55. The monoisotopic (exact) mass is 357 g/mol. The molecule has 0 atom stereocenters.